The Morgan fingerprint density at radius 3 is 2.81 bits per heavy atom. The predicted molar refractivity (Wildman–Crippen MR) is 80.8 cm³/mol. The largest absolute Gasteiger partial charge is 0.437 e. The van der Waals surface area contributed by atoms with Gasteiger partial charge in [-0.25, -0.2) is 13.8 Å². The van der Waals surface area contributed by atoms with E-state index in [1.165, 1.54) is 12.1 Å². The molecule has 21 heavy (non-hydrogen) atoms. The first-order valence-corrected chi connectivity index (χ1v) is 7.36. The highest BCUT2D eigenvalue weighted by molar-refractivity contribution is 9.10. The molecule has 0 unspecified atom stereocenters. The highest BCUT2D eigenvalue weighted by atomic mass is 79.9. The van der Waals surface area contributed by atoms with E-state index in [2.05, 4.69) is 26.2 Å². The van der Waals surface area contributed by atoms with Crippen LogP contribution in [0, 0.1) is 11.6 Å². The third-order valence-corrected chi connectivity index (χ3v) is 3.55. The minimum Gasteiger partial charge on any atom is -0.437 e. The van der Waals surface area contributed by atoms with Gasteiger partial charge in [0.05, 0.1) is 15.7 Å². The number of nitrogens with one attached hydrogen (secondary N) is 1. The first kappa shape index (κ1) is 16.1. The van der Waals surface area contributed by atoms with Gasteiger partial charge in [-0.05, 0) is 34.6 Å². The van der Waals surface area contributed by atoms with E-state index < -0.39 is 11.6 Å². The van der Waals surface area contributed by atoms with Gasteiger partial charge in [-0.1, -0.05) is 18.5 Å². The zero-order chi connectivity index (χ0) is 15.4. The third-order valence-electron chi connectivity index (χ3n) is 2.64. The summed E-state index contributed by atoms with van der Waals surface area (Å²) in [6.45, 7) is 3.04. The van der Waals surface area contributed by atoms with Crippen molar-refractivity contribution < 1.29 is 13.5 Å². The lowest BCUT2D eigenvalue weighted by molar-refractivity contribution is 0.442. The van der Waals surface area contributed by atoms with Crippen LogP contribution in [0.1, 0.15) is 12.5 Å². The minimum absolute atomic E-state index is 0.0193. The van der Waals surface area contributed by atoms with Crippen LogP contribution >= 0.6 is 27.5 Å². The highest BCUT2D eigenvalue weighted by Gasteiger charge is 2.13. The molecular weight excluding hydrogens is 366 g/mol. The summed E-state index contributed by atoms with van der Waals surface area (Å²) >= 11 is 8.91. The zero-order valence-electron chi connectivity index (χ0n) is 11.1. The summed E-state index contributed by atoms with van der Waals surface area (Å²) in [6.07, 6.45) is 1.05. The molecule has 0 aliphatic carbocycles. The van der Waals surface area contributed by atoms with Gasteiger partial charge >= 0.3 is 0 Å². The summed E-state index contributed by atoms with van der Waals surface area (Å²) in [5.74, 6) is -0.643. The van der Waals surface area contributed by atoms with Crippen LogP contribution in [0.3, 0.4) is 0 Å². The maximum Gasteiger partial charge on any atom is 0.223 e. The summed E-state index contributed by atoms with van der Waals surface area (Å²) in [4.78, 5) is 3.91. The van der Waals surface area contributed by atoms with E-state index in [1.54, 1.807) is 0 Å². The molecule has 0 saturated carbocycles. The molecule has 0 atom stereocenters. The van der Waals surface area contributed by atoms with Crippen molar-refractivity contribution in [3.63, 3.8) is 0 Å². The van der Waals surface area contributed by atoms with Crippen molar-refractivity contribution in [3.05, 3.63) is 51.1 Å². The van der Waals surface area contributed by atoms with Crippen molar-refractivity contribution in [1.82, 2.24) is 10.3 Å². The van der Waals surface area contributed by atoms with Gasteiger partial charge in [0.25, 0.3) is 0 Å². The number of aromatic nitrogens is 1. The van der Waals surface area contributed by atoms with Gasteiger partial charge in [0.1, 0.15) is 17.4 Å². The van der Waals surface area contributed by atoms with Crippen LogP contribution in [-0.2, 0) is 6.54 Å². The monoisotopic (exact) mass is 376 g/mol. The molecule has 1 aromatic heterocycles. The average Bonchev–Trinajstić information content (AvgIpc) is 2.44. The molecule has 1 aromatic carbocycles. The number of rotatable bonds is 5. The quantitative estimate of drug-likeness (QED) is 0.768. The van der Waals surface area contributed by atoms with Crippen molar-refractivity contribution in [3.8, 4) is 11.6 Å². The van der Waals surface area contributed by atoms with Crippen LogP contribution in [0.4, 0.5) is 8.78 Å². The molecule has 2 aromatic rings. The van der Waals surface area contributed by atoms with Gasteiger partial charge in [0.2, 0.25) is 5.88 Å². The van der Waals surface area contributed by atoms with E-state index in [-0.39, 0.29) is 16.7 Å². The normalized spacial score (nSPS) is 10.7. The second-order valence-corrected chi connectivity index (χ2v) is 5.46. The minimum atomic E-state index is -0.606. The SMILES string of the molecule is CCNCc1cc(F)cnc1Oc1cc(F)c(Cl)cc1Br. The molecule has 0 bridgehead atoms. The first-order valence-electron chi connectivity index (χ1n) is 6.18. The predicted octanol–water partition coefficient (Wildman–Crippen LogP) is 4.68. The standard InChI is InChI=1S/C14H12BrClF2N2O/c1-2-19-6-8-3-9(17)7-20-14(8)21-13-5-12(18)11(16)4-10(13)15/h3-5,7,19H,2,6H2,1H3. The molecule has 112 valence electrons. The van der Waals surface area contributed by atoms with Crippen molar-refractivity contribution in [2.45, 2.75) is 13.5 Å². The number of hydrogen-bond donors (Lipinski definition) is 1. The summed E-state index contributed by atoms with van der Waals surface area (Å²) in [5, 5.41) is 3.04. The zero-order valence-corrected chi connectivity index (χ0v) is 13.4. The van der Waals surface area contributed by atoms with Crippen LogP contribution in [-0.4, -0.2) is 11.5 Å². The van der Waals surface area contributed by atoms with Crippen LogP contribution in [0.5, 0.6) is 11.6 Å². The van der Waals surface area contributed by atoms with Gasteiger partial charge < -0.3 is 10.1 Å². The molecule has 7 heteroatoms. The molecule has 1 N–H and O–H groups in total. The van der Waals surface area contributed by atoms with Gasteiger partial charge in [-0.2, -0.15) is 0 Å². The fourth-order valence-corrected chi connectivity index (χ4v) is 2.35. The molecular formula is C14H12BrClF2N2O. The Bertz CT molecular complexity index is 655. The Labute approximate surface area is 134 Å². The molecule has 2 rings (SSSR count). The molecule has 0 fully saturated rings. The van der Waals surface area contributed by atoms with E-state index in [0.29, 0.717) is 16.6 Å². The Kier molecular flexibility index (Phi) is 5.50. The molecule has 0 radical (unpaired) electrons. The van der Waals surface area contributed by atoms with E-state index >= 15 is 0 Å². The fraction of sp³-hybridized carbons (Fsp3) is 0.214. The Morgan fingerprint density at radius 1 is 1.33 bits per heavy atom. The number of hydrogen-bond acceptors (Lipinski definition) is 3. The van der Waals surface area contributed by atoms with Crippen molar-refractivity contribution in [1.29, 1.82) is 0 Å². The number of benzene rings is 1. The maximum atomic E-state index is 13.5. The molecule has 0 spiro atoms. The number of halogens is 4. The van der Waals surface area contributed by atoms with Crippen LogP contribution in [0.2, 0.25) is 5.02 Å². The molecule has 0 saturated heterocycles. The van der Waals surface area contributed by atoms with Crippen LogP contribution in [0.25, 0.3) is 0 Å². The second-order valence-electron chi connectivity index (χ2n) is 4.20. The number of nitrogens with zero attached hydrogens (tertiary/aromatic N) is 1. The lowest BCUT2D eigenvalue weighted by Gasteiger charge is -2.12. The first-order chi connectivity index (χ1) is 10.0. The van der Waals surface area contributed by atoms with E-state index in [1.807, 2.05) is 6.92 Å². The molecule has 1 heterocycles. The van der Waals surface area contributed by atoms with Crippen molar-refractivity contribution >= 4 is 27.5 Å². The smallest absolute Gasteiger partial charge is 0.223 e. The van der Waals surface area contributed by atoms with Gasteiger partial charge in [-0.15, -0.1) is 0 Å². The Balaban J connectivity index is 2.32. The lowest BCUT2D eigenvalue weighted by Crippen LogP contribution is -2.13. The second kappa shape index (κ2) is 7.15. The van der Waals surface area contributed by atoms with E-state index in [9.17, 15) is 8.78 Å². The van der Waals surface area contributed by atoms with Gasteiger partial charge in [-0.3, -0.25) is 0 Å². The van der Waals surface area contributed by atoms with Crippen molar-refractivity contribution in [2.24, 2.45) is 0 Å². The molecule has 3 nitrogen and oxygen atoms in total. The van der Waals surface area contributed by atoms with Gasteiger partial charge in [0, 0.05) is 18.2 Å². The Morgan fingerprint density at radius 2 is 2.10 bits per heavy atom. The van der Waals surface area contributed by atoms with E-state index in [0.717, 1.165) is 18.8 Å². The van der Waals surface area contributed by atoms with Crippen LogP contribution < -0.4 is 10.1 Å². The van der Waals surface area contributed by atoms with Crippen molar-refractivity contribution in [2.75, 3.05) is 6.54 Å². The topological polar surface area (TPSA) is 34.2 Å². The maximum absolute atomic E-state index is 13.5. The third kappa shape index (κ3) is 4.12. The Hall–Kier alpha value is -1.24. The average molecular weight is 378 g/mol. The molecule has 0 amide bonds. The number of pyridine rings is 1. The van der Waals surface area contributed by atoms with Gasteiger partial charge in [0.15, 0.2) is 0 Å². The number of ether oxygens (including phenoxy) is 1. The summed E-state index contributed by atoms with van der Waals surface area (Å²) in [5.41, 5.74) is 0.541. The molecule has 0 aliphatic heterocycles. The summed E-state index contributed by atoms with van der Waals surface area (Å²) < 4.78 is 32.8. The van der Waals surface area contributed by atoms with Crippen LogP contribution in [0.15, 0.2) is 28.9 Å². The lowest BCUT2D eigenvalue weighted by atomic mass is 10.2. The van der Waals surface area contributed by atoms with E-state index in [4.69, 9.17) is 16.3 Å². The summed E-state index contributed by atoms with van der Waals surface area (Å²) in [6, 6.07) is 3.86. The highest BCUT2D eigenvalue weighted by Crippen LogP contribution is 2.34. The fourth-order valence-electron chi connectivity index (χ4n) is 1.63. The summed E-state index contributed by atoms with van der Waals surface area (Å²) in [7, 11) is 0. The molecule has 0 aliphatic rings.